The van der Waals surface area contributed by atoms with E-state index in [1.807, 2.05) is 18.3 Å². The van der Waals surface area contributed by atoms with Crippen LogP contribution in [0.25, 0.3) is 44.6 Å². The predicted octanol–water partition coefficient (Wildman–Crippen LogP) is 5.64. The van der Waals surface area contributed by atoms with E-state index in [0.717, 1.165) is 36.6 Å². The van der Waals surface area contributed by atoms with Crippen LogP contribution < -0.4 is 0 Å². The van der Waals surface area contributed by atoms with Crippen molar-refractivity contribution < 1.29 is 19.0 Å². The fourth-order valence-electron chi connectivity index (χ4n) is 6.75. The monoisotopic (exact) mass is 511 g/mol. The number of fused-ring (bicyclic) bond motifs is 5. The number of phenols is 1. The Morgan fingerprint density at radius 1 is 1.05 bits per heavy atom. The summed E-state index contributed by atoms with van der Waals surface area (Å²) in [6.45, 7) is 0. The third-order valence-corrected chi connectivity index (χ3v) is 8.47. The van der Waals surface area contributed by atoms with Crippen molar-refractivity contribution in [1.82, 2.24) is 24.5 Å². The van der Waals surface area contributed by atoms with Gasteiger partial charge in [-0.25, -0.2) is 19.3 Å². The molecular formula is C29H26FN5O3. The number of esters is 1. The van der Waals surface area contributed by atoms with E-state index in [2.05, 4.69) is 19.5 Å². The van der Waals surface area contributed by atoms with Crippen molar-refractivity contribution in [3.8, 4) is 28.3 Å². The van der Waals surface area contributed by atoms with E-state index in [4.69, 9.17) is 9.72 Å². The minimum absolute atomic E-state index is 0.123. The maximum Gasteiger partial charge on any atom is 0.311 e. The van der Waals surface area contributed by atoms with E-state index >= 15 is 0 Å². The molecule has 0 amide bonds. The van der Waals surface area contributed by atoms with Gasteiger partial charge in [0.05, 0.1) is 25.3 Å². The van der Waals surface area contributed by atoms with Crippen LogP contribution in [0.15, 0.2) is 55.1 Å². The van der Waals surface area contributed by atoms with Crippen LogP contribution in [0.3, 0.4) is 0 Å². The first-order valence-electron chi connectivity index (χ1n) is 12.9. The molecule has 0 aliphatic heterocycles. The van der Waals surface area contributed by atoms with Gasteiger partial charge in [-0.05, 0) is 49.7 Å². The third kappa shape index (κ3) is 3.41. The second-order valence-electron chi connectivity index (χ2n) is 10.4. The number of ether oxygens (including phenoxy) is 1. The van der Waals surface area contributed by atoms with E-state index in [0.29, 0.717) is 39.5 Å². The number of nitrogens with zero attached hydrogens (tertiary/aromatic N) is 4. The summed E-state index contributed by atoms with van der Waals surface area (Å²) in [7, 11) is 1.45. The molecule has 3 aliphatic rings. The Morgan fingerprint density at radius 2 is 1.84 bits per heavy atom. The summed E-state index contributed by atoms with van der Waals surface area (Å²) < 4.78 is 21.4. The number of hydrogen-bond donors (Lipinski definition) is 2. The average molecular weight is 512 g/mol. The molecule has 3 saturated carbocycles. The summed E-state index contributed by atoms with van der Waals surface area (Å²) in [5.41, 5.74) is 3.31. The van der Waals surface area contributed by atoms with Crippen LogP contribution in [0, 0.1) is 23.6 Å². The lowest BCUT2D eigenvalue weighted by Crippen LogP contribution is -2.45. The Bertz CT molecular complexity index is 1700. The molecule has 5 aromatic rings. The lowest BCUT2D eigenvalue weighted by atomic mass is 9.61. The number of aromatic nitrogens is 5. The van der Waals surface area contributed by atoms with Crippen molar-refractivity contribution >= 4 is 28.0 Å². The van der Waals surface area contributed by atoms with Crippen molar-refractivity contribution in [2.75, 3.05) is 7.11 Å². The topological polar surface area (TPSA) is 106 Å². The molecule has 3 aliphatic carbocycles. The molecule has 4 heterocycles. The lowest BCUT2D eigenvalue weighted by molar-refractivity contribution is -0.155. The number of aromatic hydroxyl groups is 1. The Kier molecular flexibility index (Phi) is 5.21. The van der Waals surface area contributed by atoms with Gasteiger partial charge in [0.15, 0.2) is 5.82 Å². The number of H-pyrrole nitrogens is 1. The fraction of sp³-hybridized carbons (Fsp3) is 0.310. The van der Waals surface area contributed by atoms with Gasteiger partial charge in [0.1, 0.15) is 22.9 Å². The number of halogens is 1. The summed E-state index contributed by atoms with van der Waals surface area (Å²) in [4.78, 5) is 29.9. The number of phenolic OH excluding ortho intramolecular Hbond substituents is 1. The van der Waals surface area contributed by atoms with Crippen LogP contribution in [-0.4, -0.2) is 42.7 Å². The van der Waals surface area contributed by atoms with Crippen LogP contribution in [0.2, 0.25) is 0 Å². The zero-order chi connectivity index (χ0) is 26.0. The molecule has 0 spiro atoms. The number of carbonyl (C=O) groups excluding carboxylic acids is 1. The molecule has 8 nitrogen and oxygen atoms in total. The molecule has 0 radical (unpaired) electrons. The van der Waals surface area contributed by atoms with Gasteiger partial charge >= 0.3 is 5.97 Å². The van der Waals surface area contributed by atoms with Crippen LogP contribution in [0.5, 0.6) is 5.75 Å². The predicted molar refractivity (Wildman–Crippen MR) is 140 cm³/mol. The molecule has 3 fully saturated rings. The van der Waals surface area contributed by atoms with E-state index in [1.54, 1.807) is 24.5 Å². The van der Waals surface area contributed by atoms with Gasteiger partial charge in [-0.3, -0.25) is 4.79 Å². The van der Waals surface area contributed by atoms with E-state index in [1.165, 1.54) is 19.4 Å². The number of benzene rings is 1. The van der Waals surface area contributed by atoms with Crippen LogP contribution in [0.1, 0.15) is 31.7 Å². The molecule has 0 unspecified atom stereocenters. The maximum absolute atomic E-state index is 14.0. The van der Waals surface area contributed by atoms with Crippen molar-refractivity contribution in [1.29, 1.82) is 0 Å². The zero-order valence-corrected chi connectivity index (χ0v) is 20.8. The van der Waals surface area contributed by atoms with Crippen molar-refractivity contribution in [3.63, 3.8) is 0 Å². The maximum atomic E-state index is 14.0. The SMILES string of the molecule is COC(=O)[C@@H]1C2CCC(CC2)[C@H]1n1cc(-c2ccccc2O)c2cnc(-c3c[nH]c4ncc(F)cc34)nc21. The number of para-hydroxylation sites is 1. The average Bonchev–Trinajstić information content (AvgIpc) is 3.54. The smallest absolute Gasteiger partial charge is 0.311 e. The van der Waals surface area contributed by atoms with E-state index < -0.39 is 5.82 Å². The van der Waals surface area contributed by atoms with Gasteiger partial charge in [-0.15, -0.1) is 0 Å². The Balaban J connectivity index is 1.47. The zero-order valence-electron chi connectivity index (χ0n) is 20.8. The second kappa shape index (κ2) is 8.65. The number of pyridine rings is 1. The van der Waals surface area contributed by atoms with Crippen molar-refractivity contribution in [2.24, 2.45) is 17.8 Å². The molecule has 2 bridgehead atoms. The van der Waals surface area contributed by atoms with Crippen molar-refractivity contribution in [3.05, 3.63) is 60.9 Å². The summed E-state index contributed by atoms with van der Waals surface area (Å²) >= 11 is 0. The molecule has 2 atom stereocenters. The molecule has 9 heteroatoms. The van der Waals surface area contributed by atoms with E-state index in [9.17, 15) is 14.3 Å². The molecular weight excluding hydrogens is 485 g/mol. The summed E-state index contributed by atoms with van der Waals surface area (Å²) in [6, 6.07) is 8.47. The summed E-state index contributed by atoms with van der Waals surface area (Å²) in [5, 5.41) is 12.1. The highest BCUT2D eigenvalue weighted by molar-refractivity contribution is 5.97. The van der Waals surface area contributed by atoms with Gasteiger partial charge in [0.2, 0.25) is 0 Å². The van der Waals surface area contributed by atoms with Gasteiger partial charge in [-0.1, -0.05) is 18.2 Å². The molecule has 2 N–H and O–H groups in total. The van der Waals surface area contributed by atoms with Crippen LogP contribution in [0.4, 0.5) is 4.39 Å². The molecule has 4 aromatic heterocycles. The Morgan fingerprint density at radius 3 is 2.63 bits per heavy atom. The van der Waals surface area contributed by atoms with E-state index in [-0.39, 0.29) is 29.6 Å². The normalized spacial score (nSPS) is 22.8. The van der Waals surface area contributed by atoms with Crippen molar-refractivity contribution in [2.45, 2.75) is 31.7 Å². The molecule has 8 rings (SSSR count). The first-order valence-corrected chi connectivity index (χ1v) is 12.9. The quantitative estimate of drug-likeness (QED) is 0.303. The highest BCUT2D eigenvalue weighted by Crippen LogP contribution is 2.53. The highest BCUT2D eigenvalue weighted by atomic mass is 19.1. The largest absolute Gasteiger partial charge is 0.507 e. The van der Waals surface area contributed by atoms with Gasteiger partial charge in [-0.2, -0.15) is 0 Å². The highest BCUT2D eigenvalue weighted by Gasteiger charge is 2.49. The number of carbonyl (C=O) groups is 1. The lowest BCUT2D eigenvalue weighted by Gasteiger charge is -2.47. The second-order valence-corrected chi connectivity index (χ2v) is 10.4. The Labute approximate surface area is 217 Å². The van der Waals surface area contributed by atoms with Gasteiger partial charge < -0.3 is 19.4 Å². The third-order valence-electron chi connectivity index (χ3n) is 8.47. The fourth-order valence-corrected chi connectivity index (χ4v) is 6.75. The number of methoxy groups -OCH3 is 1. The number of nitrogens with one attached hydrogen (secondary N) is 1. The van der Waals surface area contributed by atoms with Gasteiger partial charge in [0, 0.05) is 46.1 Å². The molecule has 0 saturated heterocycles. The summed E-state index contributed by atoms with van der Waals surface area (Å²) in [5.74, 6) is 0.240. The minimum atomic E-state index is -0.441. The standard InChI is InChI=1S/C29H26FN5O3/c1-38-29(37)24-15-6-8-16(9-7-15)25(24)35-14-22(18-4-2-3-5-23(18)36)21-13-33-27(34-28(21)35)20-12-32-26-19(20)10-17(30)11-31-26/h2-5,10-16,24-25,36H,6-9H2,1H3,(H,31,32)/t15?,16?,24-,25-/m1/s1. The first-order chi connectivity index (χ1) is 18.5. The minimum Gasteiger partial charge on any atom is -0.507 e. The molecule has 1 aromatic carbocycles. The van der Waals surface area contributed by atoms with Crippen LogP contribution >= 0.6 is 0 Å². The number of rotatable bonds is 4. The molecule has 38 heavy (non-hydrogen) atoms. The first kappa shape index (κ1) is 22.9. The van der Waals surface area contributed by atoms with Crippen LogP contribution in [-0.2, 0) is 9.53 Å². The number of aromatic amines is 1. The summed E-state index contributed by atoms with van der Waals surface area (Å²) in [6.07, 6.45) is 10.8. The molecule has 192 valence electrons. The van der Waals surface area contributed by atoms with Gasteiger partial charge in [0.25, 0.3) is 0 Å². The number of hydrogen-bond acceptors (Lipinski definition) is 6. The Hall–Kier alpha value is -4.27.